The van der Waals surface area contributed by atoms with Crippen LogP contribution in [-0.4, -0.2) is 17.3 Å². The molecule has 0 aromatic carbocycles. The molecule has 0 aliphatic heterocycles. The molecule has 0 unspecified atom stereocenters. The van der Waals surface area contributed by atoms with Crippen molar-refractivity contribution in [3.05, 3.63) is 58.6 Å². The van der Waals surface area contributed by atoms with Crippen molar-refractivity contribution in [3.8, 4) is 0 Å². The van der Waals surface area contributed by atoms with Crippen LogP contribution in [0, 0.1) is 22.8 Å². The van der Waals surface area contributed by atoms with E-state index in [9.17, 15) is 14.4 Å². The summed E-state index contributed by atoms with van der Waals surface area (Å²) < 4.78 is 0. The molecule has 3 rings (SSSR count). The molecule has 0 saturated heterocycles. The zero-order valence-electron chi connectivity index (χ0n) is 13.6. The Hall–Kier alpha value is -2.54. The van der Waals surface area contributed by atoms with Crippen molar-refractivity contribution in [2.45, 2.75) is 27.7 Å². The number of fused-ring (bicyclic) bond motifs is 3. The zero-order valence-corrected chi connectivity index (χ0v) is 13.6. The molecule has 0 bridgehead atoms. The standard InChI is InChI=1S/C19H17NO3/c1-17(2)13-9-15(22)18(3)7-6-11(21)8-14(18)19(13,4)10-12(20-5)16(17)23/h6-10H,1-4H3/t18-,19-/m0/s1. The zero-order chi connectivity index (χ0) is 17.2. The lowest BCUT2D eigenvalue weighted by atomic mass is 9.50. The average molecular weight is 307 g/mol. The number of nitrogens with zero attached hydrogens (tertiary/aromatic N) is 1. The lowest BCUT2D eigenvalue weighted by molar-refractivity contribution is -0.123. The average Bonchev–Trinajstić information content (AvgIpc) is 2.49. The van der Waals surface area contributed by atoms with E-state index in [4.69, 9.17) is 6.57 Å². The van der Waals surface area contributed by atoms with Gasteiger partial charge in [0, 0.05) is 10.8 Å². The molecule has 0 heterocycles. The summed E-state index contributed by atoms with van der Waals surface area (Å²) in [6.07, 6.45) is 7.66. The van der Waals surface area contributed by atoms with Gasteiger partial charge in [-0.05, 0) is 43.2 Å². The number of rotatable bonds is 0. The summed E-state index contributed by atoms with van der Waals surface area (Å²) in [6.45, 7) is 14.4. The summed E-state index contributed by atoms with van der Waals surface area (Å²) in [5.74, 6) is -0.605. The van der Waals surface area contributed by atoms with Crippen LogP contribution < -0.4 is 0 Å². The van der Waals surface area contributed by atoms with Crippen LogP contribution in [0.5, 0.6) is 0 Å². The van der Waals surface area contributed by atoms with E-state index in [1.54, 1.807) is 32.9 Å². The first-order valence-electron chi connectivity index (χ1n) is 7.45. The minimum atomic E-state index is -0.953. The van der Waals surface area contributed by atoms with E-state index < -0.39 is 16.2 Å². The van der Waals surface area contributed by atoms with Crippen molar-refractivity contribution in [3.63, 3.8) is 0 Å². The second-order valence-corrected chi connectivity index (χ2v) is 7.22. The van der Waals surface area contributed by atoms with Gasteiger partial charge >= 0.3 is 0 Å². The van der Waals surface area contributed by atoms with Crippen molar-refractivity contribution in [1.82, 2.24) is 0 Å². The molecule has 4 heteroatoms. The first-order valence-corrected chi connectivity index (χ1v) is 7.45. The van der Waals surface area contributed by atoms with E-state index in [0.717, 1.165) is 0 Å². The Morgan fingerprint density at radius 3 is 2.22 bits per heavy atom. The lowest BCUT2D eigenvalue weighted by Crippen LogP contribution is -2.49. The Labute approximate surface area is 135 Å². The number of Topliss-reactive ketones (excluding diaryl/α,β-unsaturated/α-hetero) is 1. The normalized spacial score (nSPS) is 34.7. The van der Waals surface area contributed by atoms with Crippen LogP contribution in [0.2, 0.25) is 0 Å². The van der Waals surface area contributed by atoms with Crippen molar-refractivity contribution >= 4 is 17.3 Å². The highest BCUT2D eigenvalue weighted by atomic mass is 16.1. The third kappa shape index (κ3) is 1.74. The van der Waals surface area contributed by atoms with Gasteiger partial charge in [0.25, 0.3) is 0 Å². The number of hydrogen-bond donors (Lipinski definition) is 0. The smallest absolute Gasteiger partial charge is 0.227 e. The lowest BCUT2D eigenvalue weighted by Gasteiger charge is -2.51. The van der Waals surface area contributed by atoms with E-state index in [-0.39, 0.29) is 23.0 Å². The minimum Gasteiger partial charge on any atom is -0.307 e. The van der Waals surface area contributed by atoms with Crippen LogP contribution in [0.4, 0.5) is 0 Å². The van der Waals surface area contributed by atoms with Gasteiger partial charge in [-0.25, -0.2) is 4.85 Å². The van der Waals surface area contributed by atoms with Gasteiger partial charge in [-0.1, -0.05) is 26.0 Å². The predicted octanol–water partition coefficient (Wildman–Crippen LogP) is 2.99. The molecular formula is C19H17NO3. The number of carbonyl (C=O) groups excluding carboxylic acids is 3. The second kappa shape index (κ2) is 4.26. The molecule has 3 aliphatic carbocycles. The molecule has 0 amide bonds. The molecule has 116 valence electrons. The van der Waals surface area contributed by atoms with Crippen LogP contribution >= 0.6 is 0 Å². The fraction of sp³-hybridized carbons (Fsp3) is 0.368. The Kier molecular flexibility index (Phi) is 2.84. The maximum atomic E-state index is 12.7. The summed E-state index contributed by atoms with van der Waals surface area (Å²) in [4.78, 5) is 40.6. The Morgan fingerprint density at radius 1 is 0.957 bits per heavy atom. The molecule has 3 aliphatic rings. The third-order valence-electron chi connectivity index (χ3n) is 5.35. The summed E-state index contributed by atoms with van der Waals surface area (Å²) in [5, 5.41) is 0. The molecule has 0 radical (unpaired) electrons. The molecule has 0 spiro atoms. The fourth-order valence-corrected chi connectivity index (χ4v) is 4.01. The topological polar surface area (TPSA) is 55.6 Å². The van der Waals surface area contributed by atoms with E-state index in [1.807, 2.05) is 6.92 Å². The van der Waals surface area contributed by atoms with E-state index >= 15 is 0 Å². The largest absolute Gasteiger partial charge is 0.307 e. The maximum Gasteiger partial charge on any atom is 0.227 e. The predicted molar refractivity (Wildman–Crippen MR) is 85.0 cm³/mol. The van der Waals surface area contributed by atoms with Crippen LogP contribution in [0.3, 0.4) is 0 Å². The quantitative estimate of drug-likeness (QED) is 0.646. The van der Waals surface area contributed by atoms with Gasteiger partial charge in [0.15, 0.2) is 17.3 Å². The molecule has 0 saturated carbocycles. The number of carbonyl (C=O) groups is 3. The Morgan fingerprint density at radius 2 is 1.61 bits per heavy atom. The molecule has 23 heavy (non-hydrogen) atoms. The molecule has 0 aromatic heterocycles. The summed E-state index contributed by atoms with van der Waals surface area (Å²) >= 11 is 0. The third-order valence-corrected chi connectivity index (χ3v) is 5.35. The van der Waals surface area contributed by atoms with E-state index in [0.29, 0.717) is 11.1 Å². The van der Waals surface area contributed by atoms with Gasteiger partial charge in [0.05, 0.1) is 12.0 Å². The Bertz CT molecular complexity index is 844. The van der Waals surface area contributed by atoms with Crippen molar-refractivity contribution in [2.75, 3.05) is 0 Å². The minimum absolute atomic E-state index is 0.0641. The number of ketones is 3. The molecule has 0 N–H and O–H groups in total. The fourth-order valence-electron chi connectivity index (χ4n) is 4.01. The molecule has 0 fully saturated rings. The first kappa shape index (κ1) is 15.4. The highest BCUT2D eigenvalue weighted by Gasteiger charge is 2.56. The number of allylic oxidation sites excluding steroid dienone is 8. The first-order chi connectivity index (χ1) is 10.6. The highest BCUT2D eigenvalue weighted by molar-refractivity contribution is 6.12. The molecular weight excluding hydrogens is 290 g/mol. The van der Waals surface area contributed by atoms with Crippen LogP contribution in [0.15, 0.2) is 47.2 Å². The molecule has 4 nitrogen and oxygen atoms in total. The van der Waals surface area contributed by atoms with Crippen LogP contribution in [0.1, 0.15) is 27.7 Å². The van der Waals surface area contributed by atoms with Crippen LogP contribution in [-0.2, 0) is 14.4 Å². The van der Waals surface area contributed by atoms with E-state index in [2.05, 4.69) is 4.85 Å². The van der Waals surface area contributed by atoms with E-state index in [1.165, 1.54) is 18.2 Å². The summed E-state index contributed by atoms with van der Waals surface area (Å²) in [5.41, 5.74) is -1.30. The van der Waals surface area contributed by atoms with Gasteiger partial charge in [0.2, 0.25) is 5.70 Å². The Balaban J connectivity index is 2.41. The van der Waals surface area contributed by atoms with Crippen molar-refractivity contribution in [2.24, 2.45) is 16.2 Å². The molecule has 0 aromatic rings. The highest BCUT2D eigenvalue weighted by Crippen LogP contribution is 2.59. The second-order valence-electron chi connectivity index (χ2n) is 7.22. The summed E-state index contributed by atoms with van der Waals surface area (Å²) in [7, 11) is 0. The van der Waals surface area contributed by atoms with Gasteiger partial charge < -0.3 is 4.79 Å². The van der Waals surface area contributed by atoms with Crippen molar-refractivity contribution < 1.29 is 14.4 Å². The molecule has 2 atom stereocenters. The van der Waals surface area contributed by atoms with Gasteiger partial charge in [0.1, 0.15) is 0 Å². The van der Waals surface area contributed by atoms with Crippen molar-refractivity contribution in [1.29, 1.82) is 0 Å². The SMILES string of the molecule is [C-]#[N+]C1=C[C@@]2(C)C(=CC(=O)[C@@]3(C)C=CC(=O)C=C23)C(C)(C)C1=O. The number of hydrogen-bond acceptors (Lipinski definition) is 3. The van der Waals surface area contributed by atoms with Crippen LogP contribution in [0.25, 0.3) is 4.85 Å². The summed E-state index contributed by atoms with van der Waals surface area (Å²) in [6, 6.07) is 0. The van der Waals surface area contributed by atoms with Gasteiger partial charge in [-0.15, -0.1) is 0 Å². The van der Waals surface area contributed by atoms with Gasteiger partial charge in [-0.2, -0.15) is 0 Å². The monoisotopic (exact) mass is 307 g/mol. The van der Waals surface area contributed by atoms with Gasteiger partial charge in [-0.3, -0.25) is 9.59 Å². The maximum absolute atomic E-state index is 12.7.